The van der Waals surface area contributed by atoms with Gasteiger partial charge in [-0.2, -0.15) is 0 Å². The van der Waals surface area contributed by atoms with Crippen molar-refractivity contribution >= 4 is 0 Å². The molecule has 13 heavy (non-hydrogen) atoms. The van der Waals surface area contributed by atoms with Crippen LogP contribution < -0.4 is 0 Å². The Balaban J connectivity index is 2.99. The molecule has 0 N–H and O–H groups in total. The van der Waals surface area contributed by atoms with E-state index in [0.717, 1.165) is 24.2 Å². The van der Waals surface area contributed by atoms with Crippen LogP contribution in [0.1, 0.15) is 45.0 Å². The normalized spacial score (nSPS) is 11.7. The van der Waals surface area contributed by atoms with Gasteiger partial charge in [0.25, 0.3) is 0 Å². The van der Waals surface area contributed by atoms with Gasteiger partial charge in [-0.15, -0.1) is 0 Å². The number of aryl methyl sites for hydroxylation is 1. The van der Waals surface area contributed by atoms with Gasteiger partial charge < -0.3 is 0 Å². The Morgan fingerprint density at radius 1 is 1.15 bits per heavy atom. The Bertz CT molecular complexity index is 260. The molecule has 0 aliphatic heterocycles. The van der Waals surface area contributed by atoms with Crippen LogP contribution in [0.5, 0.6) is 0 Å². The number of aromatic nitrogens is 2. The van der Waals surface area contributed by atoms with Gasteiger partial charge in [-0.1, -0.05) is 20.8 Å². The topological polar surface area (TPSA) is 25.8 Å². The third-order valence-electron chi connectivity index (χ3n) is 2.96. The predicted octanol–water partition coefficient (Wildman–Crippen LogP) is 2.86. The fraction of sp³-hybridized carbons (Fsp3) is 0.636. The van der Waals surface area contributed by atoms with Crippen molar-refractivity contribution in [2.24, 2.45) is 0 Å². The zero-order valence-electron chi connectivity index (χ0n) is 8.96. The van der Waals surface area contributed by atoms with Crippen molar-refractivity contribution in [3.8, 4) is 0 Å². The van der Waals surface area contributed by atoms with Crippen molar-refractivity contribution in [3.05, 3.63) is 23.8 Å². The van der Waals surface area contributed by atoms with Gasteiger partial charge in [0.1, 0.15) is 0 Å². The lowest BCUT2D eigenvalue weighted by molar-refractivity contribution is 0.424. The molecule has 0 atom stereocenters. The van der Waals surface area contributed by atoms with Crippen LogP contribution in [0.15, 0.2) is 12.4 Å². The molecule has 2 heteroatoms. The lowest BCUT2D eigenvalue weighted by Gasteiger charge is -2.25. The minimum absolute atomic E-state index is 0.195. The maximum absolute atomic E-state index is 4.43. The minimum Gasteiger partial charge on any atom is -0.258 e. The standard InChI is InChI=1S/C11H18N2/c1-5-11(4,6-2)10-8-12-9(3)7-13-10/h7-8H,5-6H2,1-4H3. The number of hydrogen-bond donors (Lipinski definition) is 0. The molecular weight excluding hydrogens is 160 g/mol. The van der Waals surface area contributed by atoms with Crippen LogP contribution in [0.3, 0.4) is 0 Å². The van der Waals surface area contributed by atoms with Gasteiger partial charge in [0.05, 0.1) is 11.4 Å². The van der Waals surface area contributed by atoms with Gasteiger partial charge in [-0.3, -0.25) is 9.97 Å². The van der Waals surface area contributed by atoms with Crippen molar-refractivity contribution < 1.29 is 0 Å². The molecule has 0 aromatic carbocycles. The summed E-state index contributed by atoms with van der Waals surface area (Å²) in [5, 5.41) is 0. The second kappa shape index (κ2) is 3.86. The van der Waals surface area contributed by atoms with E-state index in [-0.39, 0.29) is 5.41 Å². The maximum Gasteiger partial charge on any atom is 0.0645 e. The first-order valence-corrected chi connectivity index (χ1v) is 4.91. The van der Waals surface area contributed by atoms with E-state index in [4.69, 9.17) is 0 Å². The van der Waals surface area contributed by atoms with Crippen LogP contribution in [-0.4, -0.2) is 9.97 Å². The van der Waals surface area contributed by atoms with Gasteiger partial charge in [-0.25, -0.2) is 0 Å². The molecule has 1 aromatic rings. The molecule has 0 bridgehead atoms. The fourth-order valence-electron chi connectivity index (χ4n) is 1.32. The highest BCUT2D eigenvalue weighted by atomic mass is 14.8. The molecule has 0 saturated heterocycles. The van der Waals surface area contributed by atoms with Crippen LogP contribution in [0.4, 0.5) is 0 Å². The monoisotopic (exact) mass is 178 g/mol. The zero-order chi connectivity index (χ0) is 9.90. The molecule has 0 radical (unpaired) electrons. The summed E-state index contributed by atoms with van der Waals surface area (Å²) in [6.07, 6.45) is 5.98. The highest BCUT2D eigenvalue weighted by Crippen LogP contribution is 2.28. The second-order valence-electron chi connectivity index (χ2n) is 3.81. The van der Waals surface area contributed by atoms with Crippen LogP contribution in [-0.2, 0) is 5.41 Å². The van der Waals surface area contributed by atoms with Gasteiger partial charge in [0.2, 0.25) is 0 Å². The Morgan fingerprint density at radius 2 is 1.77 bits per heavy atom. The molecule has 0 spiro atoms. The first-order chi connectivity index (χ1) is 6.12. The minimum atomic E-state index is 0.195. The lowest BCUT2D eigenvalue weighted by atomic mass is 9.82. The van der Waals surface area contributed by atoms with E-state index in [1.807, 2.05) is 19.3 Å². The highest BCUT2D eigenvalue weighted by molar-refractivity contribution is 5.12. The maximum atomic E-state index is 4.43. The Labute approximate surface area is 80.4 Å². The van der Waals surface area contributed by atoms with E-state index < -0.39 is 0 Å². The summed E-state index contributed by atoms with van der Waals surface area (Å²) in [5.74, 6) is 0. The molecule has 0 amide bonds. The predicted molar refractivity (Wildman–Crippen MR) is 54.7 cm³/mol. The van der Waals surface area contributed by atoms with E-state index >= 15 is 0 Å². The summed E-state index contributed by atoms with van der Waals surface area (Å²) in [7, 11) is 0. The van der Waals surface area contributed by atoms with Crippen molar-refractivity contribution in [3.63, 3.8) is 0 Å². The summed E-state index contributed by atoms with van der Waals surface area (Å²) in [6.45, 7) is 8.61. The van der Waals surface area contributed by atoms with Crippen molar-refractivity contribution in [2.75, 3.05) is 0 Å². The molecule has 72 valence electrons. The quantitative estimate of drug-likeness (QED) is 0.711. The summed E-state index contributed by atoms with van der Waals surface area (Å²) < 4.78 is 0. The molecule has 1 aromatic heterocycles. The highest BCUT2D eigenvalue weighted by Gasteiger charge is 2.23. The van der Waals surface area contributed by atoms with Crippen LogP contribution in [0.25, 0.3) is 0 Å². The molecule has 0 saturated carbocycles. The Hall–Kier alpha value is -0.920. The smallest absolute Gasteiger partial charge is 0.0645 e. The van der Waals surface area contributed by atoms with E-state index in [9.17, 15) is 0 Å². The lowest BCUT2D eigenvalue weighted by Crippen LogP contribution is -2.21. The summed E-state index contributed by atoms with van der Waals surface area (Å²) in [5.41, 5.74) is 2.29. The molecule has 1 rings (SSSR count). The Morgan fingerprint density at radius 3 is 2.15 bits per heavy atom. The first-order valence-electron chi connectivity index (χ1n) is 4.91. The second-order valence-corrected chi connectivity index (χ2v) is 3.81. The van der Waals surface area contributed by atoms with Crippen LogP contribution in [0, 0.1) is 6.92 Å². The van der Waals surface area contributed by atoms with E-state index in [1.165, 1.54) is 0 Å². The zero-order valence-corrected chi connectivity index (χ0v) is 8.96. The van der Waals surface area contributed by atoms with Gasteiger partial charge in [-0.05, 0) is 19.8 Å². The average Bonchev–Trinajstić information content (AvgIpc) is 2.18. The van der Waals surface area contributed by atoms with Crippen molar-refractivity contribution in [2.45, 2.75) is 46.0 Å². The third kappa shape index (κ3) is 2.06. The SMILES string of the molecule is CCC(C)(CC)c1cnc(C)cn1. The van der Waals surface area contributed by atoms with E-state index in [0.29, 0.717) is 0 Å². The number of nitrogens with zero attached hydrogens (tertiary/aromatic N) is 2. The largest absolute Gasteiger partial charge is 0.258 e. The molecule has 0 unspecified atom stereocenters. The van der Waals surface area contributed by atoms with Gasteiger partial charge in [0.15, 0.2) is 0 Å². The van der Waals surface area contributed by atoms with Crippen molar-refractivity contribution in [1.82, 2.24) is 9.97 Å². The van der Waals surface area contributed by atoms with E-state index in [2.05, 4.69) is 30.7 Å². The summed E-state index contributed by atoms with van der Waals surface area (Å²) in [6, 6.07) is 0. The van der Waals surface area contributed by atoms with Gasteiger partial charge in [0, 0.05) is 17.8 Å². The molecule has 1 heterocycles. The molecule has 0 aliphatic carbocycles. The number of rotatable bonds is 3. The Kier molecular flexibility index (Phi) is 3.02. The molecule has 2 nitrogen and oxygen atoms in total. The van der Waals surface area contributed by atoms with E-state index in [1.54, 1.807) is 0 Å². The molecule has 0 fully saturated rings. The summed E-state index contributed by atoms with van der Waals surface area (Å²) in [4.78, 5) is 8.71. The summed E-state index contributed by atoms with van der Waals surface area (Å²) >= 11 is 0. The van der Waals surface area contributed by atoms with Crippen molar-refractivity contribution in [1.29, 1.82) is 0 Å². The van der Waals surface area contributed by atoms with Crippen LogP contribution >= 0.6 is 0 Å². The first kappa shape index (κ1) is 10.2. The van der Waals surface area contributed by atoms with Crippen LogP contribution in [0.2, 0.25) is 0 Å². The fourth-order valence-corrected chi connectivity index (χ4v) is 1.32. The third-order valence-corrected chi connectivity index (χ3v) is 2.96. The van der Waals surface area contributed by atoms with Gasteiger partial charge >= 0.3 is 0 Å². The molecular formula is C11H18N2. The number of hydrogen-bond acceptors (Lipinski definition) is 2. The molecule has 0 aliphatic rings. The average molecular weight is 178 g/mol.